The summed E-state index contributed by atoms with van der Waals surface area (Å²) in [7, 11) is -3.60. The molecule has 31 heavy (non-hydrogen) atoms. The molecule has 168 valence electrons. The van der Waals surface area contributed by atoms with E-state index in [1.165, 1.54) is 15.9 Å². The van der Waals surface area contributed by atoms with Crippen LogP contribution in [0.2, 0.25) is 10.0 Å². The monoisotopic (exact) mass is 482 g/mol. The number of amides is 1. The Morgan fingerprint density at radius 2 is 1.94 bits per heavy atom. The highest BCUT2D eigenvalue weighted by Crippen LogP contribution is 2.27. The van der Waals surface area contributed by atoms with Crippen LogP contribution < -0.4 is 5.32 Å². The normalized spacial score (nSPS) is 18.5. The molecule has 1 saturated heterocycles. The van der Waals surface area contributed by atoms with Gasteiger partial charge in [-0.25, -0.2) is 12.7 Å². The molecule has 2 atom stereocenters. The molecule has 0 saturated carbocycles. The number of hydrogen-bond acceptors (Lipinski definition) is 3. The predicted molar refractivity (Wildman–Crippen MR) is 126 cm³/mol. The van der Waals surface area contributed by atoms with E-state index in [1.54, 1.807) is 12.1 Å². The Morgan fingerprint density at radius 1 is 1.19 bits per heavy atom. The largest absolute Gasteiger partial charge is 0.349 e. The lowest BCUT2D eigenvalue weighted by atomic mass is 9.96. The van der Waals surface area contributed by atoms with Crippen molar-refractivity contribution < 1.29 is 13.2 Å². The molecule has 5 nitrogen and oxygen atoms in total. The summed E-state index contributed by atoms with van der Waals surface area (Å²) in [4.78, 5) is 12.9. The number of nitrogens with zero attached hydrogens (tertiary/aromatic N) is 1. The Hall–Kier alpha value is -1.60. The van der Waals surface area contributed by atoms with Crippen molar-refractivity contribution in [3.63, 3.8) is 0 Å². The molecular formula is C23H28Cl2N2O3S. The number of carbonyl (C=O) groups excluding carboxylic acids is 1. The first-order valence-corrected chi connectivity index (χ1v) is 12.7. The van der Waals surface area contributed by atoms with Gasteiger partial charge in [0.15, 0.2) is 0 Å². The third kappa shape index (κ3) is 6.01. The van der Waals surface area contributed by atoms with Crippen LogP contribution in [0.5, 0.6) is 0 Å². The summed E-state index contributed by atoms with van der Waals surface area (Å²) < 4.78 is 27.4. The van der Waals surface area contributed by atoms with Crippen LogP contribution in [0.4, 0.5) is 0 Å². The first-order chi connectivity index (χ1) is 14.6. The fourth-order valence-electron chi connectivity index (χ4n) is 4.06. The molecule has 0 aliphatic carbocycles. The number of hydrogen-bond donors (Lipinski definition) is 1. The minimum Gasteiger partial charge on any atom is -0.349 e. The van der Waals surface area contributed by atoms with Gasteiger partial charge in [0.1, 0.15) is 0 Å². The van der Waals surface area contributed by atoms with Gasteiger partial charge in [-0.05, 0) is 62.4 Å². The van der Waals surface area contributed by atoms with Crippen molar-refractivity contribution in [1.82, 2.24) is 9.62 Å². The lowest BCUT2D eigenvalue weighted by Crippen LogP contribution is -2.46. The van der Waals surface area contributed by atoms with Gasteiger partial charge in [0.25, 0.3) is 0 Å². The zero-order chi connectivity index (χ0) is 22.8. The molecule has 3 rings (SSSR count). The lowest BCUT2D eigenvalue weighted by Gasteiger charge is -2.32. The highest BCUT2D eigenvalue weighted by molar-refractivity contribution is 7.88. The van der Waals surface area contributed by atoms with E-state index in [0.717, 1.165) is 11.1 Å². The van der Waals surface area contributed by atoms with Crippen LogP contribution in [0.1, 0.15) is 48.1 Å². The van der Waals surface area contributed by atoms with Crippen molar-refractivity contribution in [2.24, 2.45) is 5.92 Å². The van der Waals surface area contributed by atoms with Gasteiger partial charge in [0, 0.05) is 23.1 Å². The molecule has 0 aromatic heterocycles. The summed E-state index contributed by atoms with van der Waals surface area (Å²) in [5, 5.41) is 3.85. The summed E-state index contributed by atoms with van der Waals surface area (Å²) in [5.41, 5.74) is 3.87. The van der Waals surface area contributed by atoms with E-state index in [0.29, 0.717) is 35.0 Å². The van der Waals surface area contributed by atoms with Gasteiger partial charge in [-0.15, -0.1) is 0 Å². The number of piperidine rings is 1. The molecule has 1 fully saturated rings. The molecule has 1 aliphatic rings. The molecule has 2 aromatic rings. The Balaban J connectivity index is 1.66. The van der Waals surface area contributed by atoms with Crippen LogP contribution in [0.25, 0.3) is 0 Å². The number of aryl methyl sites for hydroxylation is 2. The van der Waals surface area contributed by atoms with Crippen molar-refractivity contribution in [2.75, 3.05) is 13.1 Å². The Bertz CT molecular complexity index is 1070. The molecule has 1 amide bonds. The van der Waals surface area contributed by atoms with Gasteiger partial charge in [-0.1, -0.05) is 53.0 Å². The average molecular weight is 483 g/mol. The highest BCUT2D eigenvalue weighted by Gasteiger charge is 2.33. The first kappa shape index (κ1) is 24.1. The maximum atomic E-state index is 13.0. The van der Waals surface area contributed by atoms with Crippen LogP contribution in [0.15, 0.2) is 36.4 Å². The van der Waals surface area contributed by atoms with E-state index in [-0.39, 0.29) is 30.2 Å². The van der Waals surface area contributed by atoms with Gasteiger partial charge < -0.3 is 5.32 Å². The topological polar surface area (TPSA) is 66.5 Å². The molecular weight excluding hydrogens is 455 g/mol. The number of halogens is 2. The molecule has 1 aliphatic heterocycles. The van der Waals surface area contributed by atoms with Crippen LogP contribution in [0, 0.1) is 19.8 Å². The van der Waals surface area contributed by atoms with Gasteiger partial charge >= 0.3 is 0 Å². The minimum absolute atomic E-state index is 0.114. The zero-order valence-corrected chi connectivity index (χ0v) is 20.3. The van der Waals surface area contributed by atoms with Crippen LogP contribution in [-0.2, 0) is 20.6 Å². The SMILES string of the molecule is Cc1ccc([C@H](C)NC(=O)[C@@H]2CCCN(S(=O)(=O)Cc3ccc(Cl)cc3Cl)C2)c(C)c1. The molecule has 2 aromatic carbocycles. The maximum absolute atomic E-state index is 13.0. The molecule has 0 radical (unpaired) electrons. The van der Waals surface area contributed by atoms with E-state index < -0.39 is 10.0 Å². The summed E-state index contributed by atoms with van der Waals surface area (Å²) in [5.74, 6) is -0.703. The fraction of sp³-hybridized carbons (Fsp3) is 0.435. The number of benzene rings is 2. The van der Waals surface area contributed by atoms with E-state index in [2.05, 4.69) is 11.4 Å². The maximum Gasteiger partial charge on any atom is 0.224 e. The van der Waals surface area contributed by atoms with Crippen LogP contribution in [0.3, 0.4) is 0 Å². The second-order valence-corrected chi connectivity index (χ2v) is 11.1. The van der Waals surface area contributed by atoms with Gasteiger partial charge in [0.05, 0.1) is 17.7 Å². The van der Waals surface area contributed by atoms with Gasteiger partial charge in [-0.2, -0.15) is 0 Å². The van der Waals surface area contributed by atoms with E-state index in [1.807, 2.05) is 32.9 Å². The van der Waals surface area contributed by atoms with Crippen LogP contribution >= 0.6 is 23.2 Å². The Kier molecular flexibility index (Phi) is 7.68. The first-order valence-electron chi connectivity index (χ1n) is 10.4. The highest BCUT2D eigenvalue weighted by atomic mass is 35.5. The van der Waals surface area contributed by atoms with Gasteiger partial charge in [0.2, 0.25) is 15.9 Å². The number of carbonyl (C=O) groups is 1. The zero-order valence-electron chi connectivity index (χ0n) is 18.0. The van der Waals surface area contributed by atoms with E-state index in [9.17, 15) is 13.2 Å². The molecule has 0 spiro atoms. The Labute approximate surface area is 194 Å². The van der Waals surface area contributed by atoms with Crippen molar-refractivity contribution >= 4 is 39.1 Å². The molecule has 0 bridgehead atoms. The lowest BCUT2D eigenvalue weighted by molar-refractivity contribution is -0.126. The summed E-state index contributed by atoms with van der Waals surface area (Å²) in [6.07, 6.45) is 1.31. The van der Waals surface area contributed by atoms with E-state index in [4.69, 9.17) is 23.2 Å². The predicted octanol–water partition coefficient (Wildman–Crippen LogP) is 5.03. The van der Waals surface area contributed by atoms with Crippen molar-refractivity contribution in [3.05, 3.63) is 68.7 Å². The number of rotatable bonds is 6. The van der Waals surface area contributed by atoms with Gasteiger partial charge in [-0.3, -0.25) is 4.79 Å². The quantitative estimate of drug-likeness (QED) is 0.627. The molecule has 0 unspecified atom stereocenters. The van der Waals surface area contributed by atoms with E-state index >= 15 is 0 Å². The smallest absolute Gasteiger partial charge is 0.224 e. The number of nitrogens with one attached hydrogen (secondary N) is 1. The third-order valence-electron chi connectivity index (χ3n) is 5.75. The van der Waals surface area contributed by atoms with Crippen molar-refractivity contribution in [2.45, 2.75) is 45.4 Å². The average Bonchev–Trinajstić information content (AvgIpc) is 2.70. The van der Waals surface area contributed by atoms with Crippen molar-refractivity contribution in [3.8, 4) is 0 Å². The van der Waals surface area contributed by atoms with Crippen LogP contribution in [-0.4, -0.2) is 31.7 Å². The number of sulfonamides is 1. The summed E-state index contributed by atoms with van der Waals surface area (Å²) in [6.45, 7) is 6.61. The Morgan fingerprint density at radius 3 is 2.61 bits per heavy atom. The summed E-state index contributed by atoms with van der Waals surface area (Å²) >= 11 is 12.1. The molecule has 1 heterocycles. The standard InChI is InChI=1S/C23H28Cl2N2O3S/c1-15-6-9-21(16(2)11-15)17(3)26-23(28)18-5-4-10-27(13-18)31(29,30)14-19-7-8-20(24)12-22(19)25/h6-9,11-12,17-18H,4-5,10,13-14H2,1-3H3,(H,26,28)/t17-,18+/m0/s1. The second kappa shape index (κ2) is 9.90. The molecule has 8 heteroatoms. The minimum atomic E-state index is -3.60. The fourth-order valence-corrected chi connectivity index (χ4v) is 6.25. The molecule has 1 N–H and O–H groups in total. The third-order valence-corrected chi connectivity index (χ3v) is 8.13. The second-order valence-electron chi connectivity index (χ2n) is 8.28. The van der Waals surface area contributed by atoms with Crippen molar-refractivity contribution in [1.29, 1.82) is 0 Å². The summed E-state index contributed by atoms with van der Waals surface area (Å²) in [6, 6.07) is 10.8.